The predicted octanol–water partition coefficient (Wildman–Crippen LogP) is 4.89. The lowest BCUT2D eigenvalue weighted by Crippen LogP contribution is -2.14. The molecule has 1 saturated carbocycles. The second kappa shape index (κ2) is 8.29. The number of hydrogen-bond donors (Lipinski definition) is 0. The Hall–Kier alpha value is -1.44. The van der Waals surface area contributed by atoms with Crippen molar-refractivity contribution in [1.29, 1.82) is 0 Å². The highest BCUT2D eigenvalue weighted by Gasteiger charge is 2.61. The molecule has 0 spiro atoms. The van der Waals surface area contributed by atoms with Gasteiger partial charge in [0, 0.05) is 7.11 Å². The molecule has 0 bridgehead atoms. The van der Waals surface area contributed by atoms with Gasteiger partial charge in [-0.3, -0.25) is 4.79 Å². The summed E-state index contributed by atoms with van der Waals surface area (Å²) in [6.07, 6.45) is 1.52. The van der Waals surface area contributed by atoms with Gasteiger partial charge in [-0.15, -0.1) is 0 Å². The van der Waals surface area contributed by atoms with E-state index in [0.717, 1.165) is 7.11 Å². The topological polar surface area (TPSA) is 44.8 Å². The number of allylic oxidation sites excluding steroid dienone is 1. The van der Waals surface area contributed by atoms with Crippen LogP contribution < -0.4 is 4.74 Å². The molecule has 2 rings (SSSR count). The van der Waals surface area contributed by atoms with Crippen LogP contribution in [0, 0.1) is 34.7 Å². The summed E-state index contributed by atoms with van der Waals surface area (Å²) in [5.41, 5.74) is -1.58. The number of ether oxygens (including phenoxy) is 3. The number of benzene rings is 1. The number of hydrogen-bond acceptors (Lipinski definition) is 4. The Labute approximate surface area is 165 Å². The summed E-state index contributed by atoms with van der Waals surface area (Å²) in [7, 11) is 2.32. The summed E-state index contributed by atoms with van der Waals surface area (Å²) < 4.78 is 57.5. The molecular weight excluding hydrogens is 408 g/mol. The highest BCUT2D eigenvalue weighted by atomic mass is 35.5. The van der Waals surface area contributed by atoms with Gasteiger partial charge < -0.3 is 14.2 Å². The summed E-state index contributed by atoms with van der Waals surface area (Å²) in [5.74, 6) is -5.87. The second-order valence-corrected chi connectivity index (χ2v) is 7.76. The molecule has 9 heteroatoms. The van der Waals surface area contributed by atoms with Crippen molar-refractivity contribution in [3.8, 4) is 5.75 Å². The van der Waals surface area contributed by atoms with Crippen molar-refractivity contribution >= 4 is 29.2 Å². The van der Waals surface area contributed by atoms with Gasteiger partial charge in [-0.2, -0.15) is 0 Å². The highest BCUT2D eigenvalue weighted by molar-refractivity contribution is 6.55. The van der Waals surface area contributed by atoms with E-state index in [1.54, 1.807) is 0 Å². The van der Waals surface area contributed by atoms with Crippen LogP contribution >= 0.6 is 23.2 Å². The molecule has 1 aliphatic carbocycles. The third-order valence-corrected chi connectivity index (χ3v) is 5.03. The number of carbonyl (C=O) groups is 1. The summed E-state index contributed by atoms with van der Waals surface area (Å²) >= 11 is 11.3. The average Bonchev–Trinajstić information content (AvgIpc) is 3.12. The van der Waals surface area contributed by atoms with E-state index in [-0.39, 0.29) is 10.4 Å². The third-order valence-electron chi connectivity index (χ3n) is 4.78. The lowest BCUT2D eigenvalue weighted by Gasteiger charge is -2.15. The molecule has 2 atom stereocenters. The van der Waals surface area contributed by atoms with E-state index < -0.39 is 64.8 Å². The zero-order chi connectivity index (χ0) is 20.5. The summed E-state index contributed by atoms with van der Waals surface area (Å²) in [5, 5.41) is 0. The van der Waals surface area contributed by atoms with Crippen molar-refractivity contribution in [2.24, 2.45) is 17.3 Å². The molecule has 0 saturated heterocycles. The fourth-order valence-electron chi connectivity index (χ4n) is 3.15. The molecule has 1 fully saturated rings. The van der Waals surface area contributed by atoms with E-state index in [9.17, 15) is 18.0 Å². The minimum absolute atomic E-state index is 0.0222. The quantitative estimate of drug-likeness (QED) is 0.459. The standard InChI is InChI=1S/C18H19Cl2F3O4/c1-18(2)10(5-11(19)20)12(18)17(24)27-7-9-14(22)13(21)8(6-25-3)15(23)16(9)26-4/h5,10,12H,6-7H2,1-4H3/t10-,12-/m1/s1. The Morgan fingerprint density at radius 1 is 1.07 bits per heavy atom. The SMILES string of the molecule is COCc1c(F)c(F)c(COC(=O)[C@H]2[C@@H](C=C(Cl)Cl)C2(C)C)c(OC)c1F. The maximum absolute atomic E-state index is 14.4. The minimum Gasteiger partial charge on any atom is -0.493 e. The van der Waals surface area contributed by atoms with Gasteiger partial charge in [0.2, 0.25) is 0 Å². The number of methoxy groups -OCH3 is 2. The zero-order valence-electron chi connectivity index (χ0n) is 15.2. The number of esters is 1. The molecule has 0 aromatic heterocycles. The first-order valence-electron chi connectivity index (χ1n) is 7.98. The molecule has 0 heterocycles. The molecule has 0 N–H and O–H groups in total. The maximum Gasteiger partial charge on any atom is 0.310 e. The van der Waals surface area contributed by atoms with Crippen LogP contribution in [0.5, 0.6) is 5.75 Å². The van der Waals surface area contributed by atoms with Crippen LogP contribution in [0.2, 0.25) is 0 Å². The van der Waals surface area contributed by atoms with Gasteiger partial charge in [0.1, 0.15) is 11.1 Å². The molecule has 0 aliphatic heterocycles. The Morgan fingerprint density at radius 3 is 2.19 bits per heavy atom. The third kappa shape index (κ3) is 4.20. The zero-order valence-corrected chi connectivity index (χ0v) is 16.7. The van der Waals surface area contributed by atoms with Gasteiger partial charge in [-0.05, 0) is 17.4 Å². The van der Waals surface area contributed by atoms with E-state index in [0.29, 0.717) is 0 Å². The smallest absolute Gasteiger partial charge is 0.310 e. The molecule has 1 aliphatic rings. The van der Waals surface area contributed by atoms with Gasteiger partial charge >= 0.3 is 5.97 Å². The van der Waals surface area contributed by atoms with Crippen LogP contribution in [0.3, 0.4) is 0 Å². The first kappa shape index (κ1) is 21.9. The number of halogens is 5. The van der Waals surface area contributed by atoms with Gasteiger partial charge in [-0.1, -0.05) is 37.0 Å². The van der Waals surface area contributed by atoms with Crippen LogP contribution in [0.25, 0.3) is 0 Å². The van der Waals surface area contributed by atoms with Crippen molar-refractivity contribution in [1.82, 2.24) is 0 Å². The molecule has 1 aromatic rings. The summed E-state index contributed by atoms with van der Waals surface area (Å²) in [4.78, 5) is 12.3. The van der Waals surface area contributed by atoms with Crippen molar-refractivity contribution in [3.05, 3.63) is 39.1 Å². The Kier molecular flexibility index (Phi) is 6.71. The summed E-state index contributed by atoms with van der Waals surface area (Å²) in [6, 6.07) is 0. The summed E-state index contributed by atoms with van der Waals surface area (Å²) in [6.45, 7) is 2.47. The number of carbonyl (C=O) groups excluding carboxylic acids is 1. The molecule has 0 radical (unpaired) electrons. The van der Waals surface area contributed by atoms with E-state index in [2.05, 4.69) is 4.74 Å². The molecule has 0 amide bonds. The van der Waals surface area contributed by atoms with Crippen molar-refractivity contribution in [3.63, 3.8) is 0 Å². The van der Waals surface area contributed by atoms with E-state index in [1.807, 2.05) is 13.8 Å². The lowest BCUT2D eigenvalue weighted by atomic mass is 10.1. The van der Waals surface area contributed by atoms with E-state index >= 15 is 0 Å². The van der Waals surface area contributed by atoms with Crippen LogP contribution in [0.15, 0.2) is 10.6 Å². The van der Waals surface area contributed by atoms with Crippen molar-refractivity contribution < 1.29 is 32.2 Å². The average molecular weight is 427 g/mol. The molecule has 1 aromatic carbocycles. The molecule has 4 nitrogen and oxygen atoms in total. The monoisotopic (exact) mass is 426 g/mol. The molecular formula is C18H19Cl2F3O4. The van der Waals surface area contributed by atoms with Crippen LogP contribution in [-0.4, -0.2) is 20.2 Å². The molecule has 150 valence electrons. The molecule has 27 heavy (non-hydrogen) atoms. The van der Waals surface area contributed by atoms with Gasteiger partial charge in [0.15, 0.2) is 23.2 Å². The normalized spacial score (nSPS) is 20.2. The second-order valence-electron chi connectivity index (χ2n) is 6.75. The van der Waals surface area contributed by atoms with Gasteiger partial charge in [-0.25, -0.2) is 13.2 Å². The Balaban J connectivity index is 2.24. The molecule has 0 unspecified atom stereocenters. The van der Waals surface area contributed by atoms with Crippen molar-refractivity contribution in [2.75, 3.05) is 14.2 Å². The van der Waals surface area contributed by atoms with Crippen LogP contribution in [-0.2, 0) is 27.5 Å². The lowest BCUT2D eigenvalue weighted by molar-refractivity contribution is -0.147. The fraction of sp³-hybridized carbons (Fsp3) is 0.500. The largest absolute Gasteiger partial charge is 0.493 e. The number of rotatable bonds is 7. The Morgan fingerprint density at radius 2 is 1.67 bits per heavy atom. The first-order chi connectivity index (χ1) is 12.6. The van der Waals surface area contributed by atoms with Gasteiger partial charge in [0.25, 0.3) is 0 Å². The van der Waals surface area contributed by atoms with Gasteiger partial charge in [0.05, 0.1) is 30.8 Å². The van der Waals surface area contributed by atoms with E-state index in [4.69, 9.17) is 32.7 Å². The maximum atomic E-state index is 14.4. The van der Waals surface area contributed by atoms with Crippen LogP contribution in [0.1, 0.15) is 25.0 Å². The first-order valence-corrected chi connectivity index (χ1v) is 8.74. The van der Waals surface area contributed by atoms with E-state index in [1.165, 1.54) is 13.2 Å². The minimum atomic E-state index is -1.41. The van der Waals surface area contributed by atoms with Crippen LogP contribution in [0.4, 0.5) is 13.2 Å². The highest BCUT2D eigenvalue weighted by Crippen LogP contribution is 2.60. The predicted molar refractivity (Wildman–Crippen MR) is 93.9 cm³/mol. The fourth-order valence-corrected chi connectivity index (χ4v) is 3.42. The Bertz CT molecular complexity index is 777. The van der Waals surface area contributed by atoms with Crippen molar-refractivity contribution in [2.45, 2.75) is 27.1 Å².